The number of nitrogens with one attached hydrogen (secondary N) is 1. The maximum atomic E-state index is 9.08. The van der Waals surface area contributed by atoms with Gasteiger partial charge in [0.25, 0.3) is 0 Å². The van der Waals surface area contributed by atoms with Gasteiger partial charge in [-0.15, -0.1) is 0 Å². The van der Waals surface area contributed by atoms with Crippen molar-refractivity contribution in [2.75, 3.05) is 20.3 Å². The quantitative estimate of drug-likeness (QED) is 0.761. The van der Waals surface area contributed by atoms with E-state index >= 15 is 0 Å². The molecule has 0 heterocycles. The lowest BCUT2D eigenvalue weighted by Crippen LogP contribution is -2.18. The van der Waals surface area contributed by atoms with Crippen LogP contribution in [0.5, 0.6) is 5.75 Å². The highest BCUT2D eigenvalue weighted by molar-refractivity contribution is 5.37. The Morgan fingerprint density at radius 1 is 1.14 bits per heavy atom. The molecule has 22 heavy (non-hydrogen) atoms. The van der Waals surface area contributed by atoms with Crippen molar-refractivity contribution in [3.8, 4) is 11.8 Å². The van der Waals surface area contributed by atoms with Gasteiger partial charge in [0.1, 0.15) is 12.4 Å². The summed E-state index contributed by atoms with van der Waals surface area (Å²) in [6, 6.07) is 17.6. The van der Waals surface area contributed by atoms with E-state index in [2.05, 4.69) is 17.5 Å². The first-order valence-corrected chi connectivity index (χ1v) is 7.23. The fourth-order valence-corrected chi connectivity index (χ4v) is 2.07. The van der Waals surface area contributed by atoms with Crippen LogP contribution in [0, 0.1) is 11.3 Å². The molecule has 4 nitrogen and oxygen atoms in total. The summed E-state index contributed by atoms with van der Waals surface area (Å²) in [7, 11) is 1.69. The van der Waals surface area contributed by atoms with Gasteiger partial charge in [-0.3, -0.25) is 0 Å². The van der Waals surface area contributed by atoms with E-state index in [1.165, 1.54) is 0 Å². The first-order chi connectivity index (χ1) is 10.8. The molecule has 0 radical (unpaired) electrons. The summed E-state index contributed by atoms with van der Waals surface area (Å²) in [5.74, 6) is 0.804. The average molecular weight is 296 g/mol. The Bertz CT molecular complexity index is 635. The van der Waals surface area contributed by atoms with E-state index in [-0.39, 0.29) is 0 Å². The molecule has 0 unspecified atom stereocenters. The van der Waals surface area contributed by atoms with Gasteiger partial charge in [-0.05, 0) is 23.8 Å². The molecule has 0 saturated carbocycles. The topological polar surface area (TPSA) is 54.3 Å². The lowest BCUT2D eigenvalue weighted by molar-refractivity contribution is 0.199. The summed E-state index contributed by atoms with van der Waals surface area (Å²) in [6.45, 7) is 2.68. The van der Waals surface area contributed by atoms with Crippen LogP contribution in [0.1, 0.15) is 16.7 Å². The first-order valence-electron chi connectivity index (χ1n) is 7.23. The number of rotatable bonds is 8. The molecule has 0 saturated heterocycles. The van der Waals surface area contributed by atoms with Crippen LogP contribution in [-0.4, -0.2) is 20.3 Å². The van der Waals surface area contributed by atoms with E-state index in [1.807, 2.05) is 36.4 Å². The standard InChI is InChI=1S/C18H20N2O2/c1-21-10-9-20-13-15-5-4-8-18(11-15)22-14-17-7-3-2-6-16(17)12-19/h2-8,11,20H,9-10,13-14H2,1H3. The number of methoxy groups -OCH3 is 1. The molecule has 0 aliphatic carbocycles. The van der Waals surface area contributed by atoms with Crippen molar-refractivity contribution in [3.63, 3.8) is 0 Å². The summed E-state index contributed by atoms with van der Waals surface area (Å²) in [5.41, 5.74) is 2.70. The highest BCUT2D eigenvalue weighted by Gasteiger charge is 2.02. The van der Waals surface area contributed by atoms with Gasteiger partial charge < -0.3 is 14.8 Å². The van der Waals surface area contributed by atoms with Crippen molar-refractivity contribution in [1.29, 1.82) is 5.26 Å². The SMILES string of the molecule is COCCNCc1cccc(OCc2ccccc2C#N)c1. The molecule has 2 aromatic carbocycles. The van der Waals surface area contributed by atoms with Crippen molar-refractivity contribution in [1.82, 2.24) is 5.32 Å². The van der Waals surface area contributed by atoms with Crippen LogP contribution in [0.25, 0.3) is 0 Å². The second-order valence-electron chi connectivity index (χ2n) is 4.87. The molecule has 0 aliphatic heterocycles. The van der Waals surface area contributed by atoms with Gasteiger partial charge in [-0.2, -0.15) is 5.26 Å². The summed E-state index contributed by atoms with van der Waals surface area (Å²) < 4.78 is 10.8. The predicted molar refractivity (Wildman–Crippen MR) is 85.5 cm³/mol. The largest absolute Gasteiger partial charge is 0.489 e. The second kappa shape index (κ2) is 8.83. The van der Waals surface area contributed by atoms with E-state index in [0.717, 1.165) is 30.0 Å². The fourth-order valence-electron chi connectivity index (χ4n) is 2.07. The number of ether oxygens (including phenoxy) is 2. The van der Waals surface area contributed by atoms with Crippen LogP contribution in [-0.2, 0) is 17.9 Å². The Morgan fingerprint density at radius 2 is 2.00 bits per heavy atom. The molecule has 0 aromatic heterocycles. The average Bonchev–Trinajstić information content (AvgIpc) is 2.57. The molecule has 0 atom stereocenters. The van der Waals surface area contributed by atoms with Crippen molar-refractivity contribution in [3.05, 3.63) is 65.2 Å². The van der Waals surface area contributed by atoms with E-state index in [9.17, 15) is 0 Å². The van der Waals surface area contributed by atoms with Gasteiger partial charge in [-0.1, -0.05) is 30.3 Å². The molecule has 0 aliphatic rings. The molecule has 0 amide bonds. The maximum absolute atomic E-state index is 9.08. The number of benzene rings is 2. The van der Waals surface area contributed by atoms with Crippen LogP contribution < -0.4 is 10.1 Å². The zero-order valence-corrected chi connectivity index (χ0v) is 12.7. The van der Waals surface area contributed by atoms with E-state index in [1.54, 1.807) is 13.2 Å². The Hall–Kier alpha value is -2.35. The lowest BCUT2D eigenvalue weighted by atomic mass is 10.1. The third kappa shape index (κ3) is 4.88. The van der Waals surface area contributed by atoms with Gasteiger partial charge in [-0.25, -0.2) is 0 Å². The summed E-state index contributed by atoms with van der Waals surface area (Å²) in [6.07, 6.45) is 0. The van der Waals surface area contributed by atoms with Gasteiger partial charge in [0.15, 0.2) is 0 Å². The molecular weight excluding hydrogens is 276 g/mol. The van der Waals surface area contributed by atoms with Gasteiger partial charge in [0, 0.05) is 25.8 Å². The molecule has 2 aromatic rings. The van der Waals surface area contributed by atoms with Gasteiger partial charge >= 0.3 is 0 Å². The molecule has 4 heteroatoms. The van der Waals surface area contributed by atoms with E-state index in [0.29, 0.717) is 18.8 Å². The van der Waals surface area contributed by atoms with Crippen LogP contribution in [0.4, 0.5) is 0 Å². The maximum Gasteiger partial charge on any atom is 0.120 e. The Kier molecular flexibility index (Phi) is 6.43. The van der Waals surface area contributed by atoms with Crippen LogP contribution in [0.3, 0.4) is 0 Å². The van der Waals surface area contributed by atoms with Crippen LogP contribution in [0.2, 0.25) is 0 Å². The zero-order chi connectivity index (χ0) is 15.6. The monoisotopic (exact) mass is 296 g/mol. The molecular formula is C18H20N2O2. The highest BCUT2D eigenvalue weighted by Crippen LogP contribution is 2.16. The minimum Gasteiger partial charge on any atom is -0.489 e. The lowest BCUT2D eigenvalue weighted by Gasteiger charge is -2.10. The molecule has 0 spiro atoms. The predicted octanol–water partition coefficient (Wildman–Crippen LogP) is 2.87. The molecule has 114 valence electrons. The minimum absolute atomic E-state index is 0.393. The van der Waals surface area contributed by atoms with Crippen LogP contribution in [0.15, 0.2) is 48.5 Å². The number of hydrogen-bond acceptors (Lipinski definition) is 4. The van der Waals surface area contributed by atoms with Gasteiger partial charge in [0.05, 0.1) is 18.2 Å². The van der Waals surface area contributed by atoms with E-state index < -0.39 is 0 Å². The van der Waals surface area contributed by atoms with Crippen molar-refractivity contribution in [2.24, 2.45) is 0 Å². The third-order valence-corrected chi connectivity index (χ3v) is 3.24. The normalized spacial score (nSPS) is 10.2. The Morgan fingerprint density at radius 3 is 2.82 bits per heavy atom. The number of nitrogens with zero attached hydrogens (tertiary/aromatic N) is 1. The smallest absolute Gasteiger partial charge is 0.120 e. The van der Waals surface area contributed by atoms with Crippen LogP contribution >= 0.6 is 0 Å². The zero-order valence-electron chi connectivity index (χ0n) is 12.7. The Labute approximate surface area is 131 Å². The van der Waals surface area contributed by atoms with Crippen molar-refractivity contribution < 1.29 is 9.47 Å². The minimum atomic E-state index is 0.393. The summed E-state index contributed by atoms with van der Waals surface area (Å²) in [4.78, 5) is 0. The molecule has 2 rings (SSSR count). The van der Waals surface area contributed by atoms with E-state index in [4.69, 9.17) is 14.7 Å². The number of hydrogen-bond donors (Lipinski definition) is 1. The summed E-state index contributed by atoms with van der Waals surface area (Å²) >= 11 is 0. The van der Waals surface area contributed by atoms with Crippen molar-refractivity contribution >= 4 is 0 Å². The summed E-state index contributed by atoms with van der Waals surface area (Å²) in [5, 5.41) is 12.4. The van der Waals surface area contributed by atoms with Gasteiger partial charge in [0.2, 0.25) is 0 Å². The molecule has 0 fully saturated rings. The molecule has 1 N–H and O–H groups in total. The Balaban J connectivity index is 1.91. The molecule has 0 bridgehead atoms. The highest BCUT2D eigenvalue weighted by atomic mass is 16.5. The second-order valence-corrected chi connectivity index (χ2v) is 4.87. The number of nitriles is 1. The fraction of sp³-hybridized carbons (Fsp3) is 0.278. The third-order valence-electron chi connectivity index (χ3n) is 3.24. The van der Waals surface area contributed by atoms with Crippen molar-refractivity contribution in [2.45, 2.75) is 13.2 Å². The first kappa shape index (κ1) is 16.0.